The van der Waals surface area contributed by atoms with Gasteiger partial charge < -0.3 is 14.8 Å². The van der Waals surface area contributed by atoms with Crippen molar-refractivity contribution in [3.8, 4) is 11.5 Å². The number of methoxy groups -OCH3 is 2. The molecule has 1 saturated heterocycles. The van der Waals surface area contributed by atoms with Crippen LogP contribution in [0.5, 0.6) is 11.5 Å². The first-order valence-corrected chi connectivity index (χ1v) is 11.0. The second-order valence-electron chi connectivity index (χ2n) is 7.23. The summed E-state index contributed by atoms with van der Waals surface area (Å²) in [4.78, 5) is 17.2. The predicted octanol–water partition coefficient (Wildman–Crippen LogP) is 1.80. The van der Waals surface area contributed by atoms with E-state index in [4.69, 9.17) is 9.47 Å². The molecule has 1 spiro atoms. The van der Waals surface area contributed by atoms with Crippen molar-refractivity contribution in [2.24, 2.45) is 4.99 Å². The van der Waals surface area contributed by atoms with Crippen molar-refractivity contribution in [3.05, 3.63) is 54.1 Å². The monoisotopic (exact) mass is 429 g/mol. The van der Waals surface area contributed by atoms with Gasteiger partial charge >= 0.3 is 0 Å². The number of hydrogen-bond donors (Lipinski definition) is 1. The number of aliphatic imine (C=N–C) groups is 1. The third kappa shape index (κ3) is 3.54. The zero-order chi connectivity index (χ0) is 21.4. The molecule has 0 aliphatic carbocycles. The van der Waals surface area contributed by atoms with E-state index in [0.717, 1.165) is 5.56 Å². The fraction of sp³-hybridized carbons (Fsp3) is 0.333. The van der Waals surface area contributed by atoms with Gasteiger partial charge in [-0.3, -0.25) is 9.79 Å². The number of nitrogens with zero attached hydrogens (tertiary/aromatic N) is 2. The molecule has 2 aromatic carbocycles. The van der Waals surface area contributed by atoms with Gasteiger partial charge in [0.1, 0.15) is 27.8 Å². The van der Waals surface area contributed by atoms with Crippen molar-refractivity contribution < 1.29 is 22.7 Å². The van der Waals surface area contributed by atoms with E-state index in [9.17, 15) is 13.2 Å². The summed E-state index contributed by atoms with van der Waals surface area (Å²) < 4.78 is 38.3. The summed E-state index contributed by atoms with van der Waals surface area (Å²) in [5.41, 5.74) is 0.372. The Bertz CT molecular complexity index is 1090. The minimum atomic E-state index is -3.80. The van der Waals surface area contributed by atoms with E-state index in [1.807, 2.05) is 30.3 Å². The summed E-state index contributed by atoms with van der Waals surface area (Å²) in [7, 11) is -0.885. The minimum absolute atomic E-state index is 0.0595. The molecule has 0 bridgehead atoms. The quantitative estimate of drug-likeness (QED) is 0.782. The molecule has 2 aliphatic heterocycles. The topological polar surface area (TPSA) is 97.3 Å². The molecule has 158 valence electrons. The Balaban J connectivity index is 1.57. The number of carbonyl (C=O) groups excluding carboxylic acids is 1. The Kier molecular flexibility index (Phi) is 5.25. The van der Waals surface area contributed by atoms with Crippen LogP contribution in [0.2, 0.25) is 0 Å². The highest BCUT2D eigenvalue weighted by Gasteiger charge is 2.44. The van der Waals surface area contributed by atoms with Crippen molar-refractivity contribution in [1.82, 2.24) is 9.62 Å². The van der Waals surface area contributed by atoms with Crippen LogP contribution in [-0.2, 0) is 14.8 Å². The van der Waals surface area contributed by atoms with Gasteiger partial charge in [0.05, 0.1) is 14.2 Å². The standard InChI is InChI=1S/C21H23N3O5S/c1-28-16-8-9-17(29-2)18(14-16)30(26,27)24-12-10-21(11-13-24)22-19(20(25)23-21)15-6-4-3-5-7-15/h3-9,14H,10-13H2,1-2H3,(H,23,25). The number of sulfonamides is 1. The molecule has 0 saturated carbocycles. The zero-order valence-electron chi connectivity index (χ0n) is 16.8. The lowest BCUT2D eigenvalue weighted by molar-refractivity contribution is -0.115. The summed E-state index contributed by atoms with van der Waals surface area (Å²) in [5, 5.41) is 2.96. The minimum Gasteiger partial charge on any atom is -0.497 e. The van der Waals surface area contributed by atoms with Gasteiger partial charge in [0.15, 0.2) is 0 Å². The van der Waals surface area contributed by atoms with Crippen LogP contribution < -0.4 is 14.8 Å². The molecular formula is C21H23N3O5S. The molecule has 2 aliphatic rings. The smallest absolute Gasteiger partial charge is 0.272 e. The van der Waals surface area contributed by atoms with Crippen LogP contribution in [-0.4, -0.2) is 57.3 Å². The Morgan fingerprint density at radius 2 is 1.73 bits per heavy atom. The first-order valence-electron chi connectivity index (χ1n) is 9.58. The van der Waals surface area contributed by atoms with Crippen molar-refractivity contribution in [2.45, 2.75) is 23.4 Å². The summed E-state index contributed by atoms with van der Waals surface area (Å²) >= 11 is 0. The van der Waals surface area contributed by atoms with Crippen LogP contribution in [0.4, 0.5) is 0 Å². The van der Waals surface area contributed by atoms with E-state index in [1.54, 1.807) is 12.1 Å². The number of carbonyl (C=O) groups is 1. The van der Waals surface area contributed by atoms with E-state index in [0.29, 0.717) is 24.3 Å². The van der Waals surface area contributed by atoms with Crippen molar-refractivity contribution in [2.75, 3.05) is 27.3 Å². The second kappa shape index (κ2) is 7.73. The molecule has 1 amide bonds. The van der Waals surface area contributed by atoms with Gasteiger partial charge in [0, 0.05) is 37.6 Å². The molecule has 9 heteroatoms. The SMILES string of the molecule is COc1ccc(OC)c(S(=O)(=O)N2CCC3(CC2)N=C(c2ccccc2)C(=O)N3)c1. The summed E-state index contributed by atoms with van der Waals surface area (Å²) in [5.74, 6) is 0.463. The van der Waals surface area contributed by atoms with Gasteiger partial charge in [-0.25, -0.2) is 8.42 Å². The van der Waals surface area contributed by atoms with Crippen LogP contribution in [0.3, 0.4) is 0 Å². The maximum atomic E-state index is 13.3. The van der Waals surface area contributed by atoms with E-state index in [-0.39, 0.29) is 29.6 Å². The van der Waals surface area contributed by atoms with E-state index in [1.165, 1.54) is 24.6 Å². The number of ether oxygens (including phenoxy) is 2. The van der Waals surface area contributed by atoms with Crippen molar-refractivity contribution in [3.63, 3.8) is 0 Å². The number of nitrogens with one attached hydrogen (secondary N) is 1. The molecule has 4 rings (SSSR count). The van der Waals surface area contributed by atoms with Gasteiger partial charge in [-0.1, -0.05) is 30.3 Å². The fourth-order valence-electron chi connectivity index (χ4n) is 3.81. The normalized spacial score (nSPS) is 18.7. The highest BCUT2D eigenvalue weighted by molar-refractivity contribution is 7.89. The highest BCUT2D eigenvalue weighted by atomic mass is 32.2. The van der Waals surface area contributed by atoms with E-state index >= 15 is 0 Å². The molecule has 30 heavy (non-hydrogen) atoms. The van der Waals surface area contributed by atoms with Crippen LogP contribution in [0.25, 0.3) is 0 Å². The van der Waals surface area contributed by atoms with E-state index < -0.39 is 15.7 Å². The molecule has 2 heterocycles. The van der Waals surface area contributed by atoms with Crippen LogP contribution in [0, 0.1) is 0 Å². The molecule has 0 unspecified atom stereocenters. The van der Waals surface area contributed by atoms with Crippen LogP contribution in [0.1, 0.15) is 18.4 Å². The summed E-state index contributed by atoms with van der Waals surface area (Å²) in [6.07, 6.45) is 0.779. The molecular weight excluding hydrogens is 406 g/mol. The maximum Gasteiger partial charge on any atom is 0.272 e. The lowest BCUT2D eigenvalue weighted by atomic mass is 10.00. The Labute approximate surface area is 175 Å². The fourth-order valence-corrected chi connectivity index (χ4v) is 5.43. The molecule has 1 N–H and O–H groups in total. The lowest BCUT2D eigenvalue weighted by Gasteiger charge is -2.36. The van der Waals surface area contributed by atoms with Crippen molar-refractivity contribution >= 4 is 21.6 Å². The van der Waals surface area contributed by atoms with Gasteiger partial charge in [0.25, 0.3) is 5.91 Å². The highest BCUT2D eigenvalue weighted by Crippen LogP contribution is 2.35. The van der Waals surface area contributed by atoms with Gasteiger partial charge in [-0.15, -0.1) is 0 Å². The largest absolute Gasteiger partial charge is 0.497 e. The Morgan fingerprint density at radius 3 is 2.37 bits per heavy atom. The van der Waals surface area contributed by atoms with Gasteiger partial charge in [-0.2, -0.15) is 4.31 Å². The van der Waals surface area contributed by atoms with Crippen LogP contribution >= 0.6 is 0 Å². The van der Waals surface area contributed by atoms with E-state index in [2.05, 4.69) is 10.3 Å². The molecule has 8 nitrogen and oxygen atoms in total. The van der Waals surface area contributed by atoms with Crippen molar-refractivity contribution in [1.29, 1.82) is 0 Å². The number of rotatable bonds is 5. The molecule has 0 aromatic heterocycles. The van der Waals surface area contributed by atoms with Crippen LogP contribution in [0.15, 0.2) is 58.4 Å². The Hall–Kier alpha value is -2.91. The van der Waals surface area contributed by atoms with Gasteiger partial charge in [-0.05, 0) is 12.1 Å². The number of piperidine rings is 1. The predicted molar refractivity (Wildman–Crippen MR) is 111 cm³/mol. The third-order valence-corrected chi connectivity index (χ3v) is 7.39. The number of hydrogen-bond acceptors (Lipinski definition) is 6. The first-order chi connectivity index (χ1) is 14.4. The lowest BCUT2D eigenvalue weighted by Crippen LogP contribution is -2.52. The average Bonchev–Trinajstić information content (AvgIpc) is 3.09. The Morgan fingerprint density at radius 1 is 1.03 bits per heavy atom. The number of amides is 1. The summed E-state index contributed by atoms with van der Waals surface area (Å²) in [6, 6.07) is 13.9. The molecule has 2 aromatic rings. The molecule has 0 atom stereocenters. The maximum absolute atomic E-state index is 13.3. The summed E-state index contributed by atoms with van der Waals surface area (Å²) in [6.45, 7) is 0.461. The molecule has 0 radical (unpaired) electrons. The first kappa shape index (κ1) is 20.4. The average molecular weight is 429 g/mol. The zero-order valence-corrected chi connectivity index (χ0v) is 17.6. The molecule has 1 fully saturated rings. The number of benzene rings is 2. The van der Waals surface area contributed by atoms with Gasteiger partial charge in [0.2, 0.25) is 10.0 Å². The second-order valence-corrected chi connectivity index (χ2v) is 9.14. The third-order valence-electron chi connectivity index (χ3n) is 5.47.